The molecule has 416 valence electrons. The number of benzene rings is 4. The molecule has 3 aliphatic carbocycles. The van der Waals surface area contributed by atoms with Crippen molar-refractivity contribution in [2.24, 2.45) is 16.7 Å². The van der Waals surface area contributed by atoms with E-state index in [9.17, 15) is 24.3 Å². The fourth-order valence-electron chi connectivity index (χ4n) is 12.6. The molecule has 78 heavy (non-hydrogen) atoms. The predicted octanol–water partition coefficient (Wildman–Crippen LogP) is 8.96. The minimum atomic E-state index is -2.66. The topological polar surface area (TPSA) is 209 Å². The van der Waals surface area contributed by atoms with Crippen LogP contribution in [0.2, 0.25) is 18.1 Å². The van der Waals surface area contributed by atoms with E-state index in [1.807, 2.05) is 30.3 Å². The number of nitrogens with one attached hydrogen (secondary N) is 1. The third-order valence-electron chi connectivity index (χ3n) is 17.2. The highest BCUT2D eigenvalue weighted by Gasteiger charge is 2.79. The predicted molar refractivity (Wildman–Crippen MR) is 289 cm³/mol. The lowest BCUT2D eigenvalue weighted by Crippen LogP contribution is -2.82. The second kappa shape index (κ2) is 23.5. The van der Waals surface area contributed by atoms with Crippen LogP contribution in [-0.2, 0) is 63.4 Å². The molecule has 16 nitrogen and oxygen atoms in total. The molecule has 1 aliphatic heterocycles. The molecule has 0 spiro atoms. The smallest absolute Gasteiger partial charge is 0.338 e. The number of hydrogen-bond acceptors (Lipinski definition) is 15. The van der Waals surface area contributed by atoms with Crippen LogP contribution in [-0.4, -0.2) is 110 Å². The van der Waals surface area contributed by atoms with Crippen molar-refractivity contribution in [2.75, 3.05) is 13.4 Å². The van der Waals surface area contributed by atoms with Crippen molar-refractivity contribution in [3.8, 4) is 0 Å². The Morgan fingerprint density at radius 2 is 1.35 bits per heavy atom. The molecule has 0 radical (unpaired) electrons. The van der Waals surface area contributed by atoms with Crippen LogP contribution >= 0.6 is 0 Å². The van der Waals surface area contributed by atoms with Gasteiger partial charge in [-0.3, -0.25) is 19.2 Å². The van der Waals surface area contributed by atoms with E-state index in [0.29, 0.717) is 29.3 Å². The summed E-state index contributed by atoms with van der Waals surface area (Å²) in [6.45, 7) is 14.6. The maximum absolute atomic E-state index is 16.6. The average molecular weight is 1090 g/mol. The van der Waals surface area contributed by atoms with Gasteiger partial charge in [0, 0.05) is 37.7 Å². The number of hydrogen-bond donors (Lipinski definition) is 2. The molecule has 2 saturated carbocycles. The fourth-order valence-corrected chi connectivity index (χ4v) is 15.6. The maximum Gasteiger partial charge on any atom is 0.338 e. The molecule has 1 saturated heterocycles. The second-order valence-corrected chi connectivity index (χ2v) is 26.5. The van der Waals surface area contributed by atoms with Crippen LogP contribution in [0.5, 0.6) is 0 Å². The highest BCUT2D eigenvalue weighted by Crippen LogP contribution is 2.65. The molecule has 11 atom stereocenters. The first kappa shape index (κ1) is 57.8. The fraction of sp³-hybridized carbons (Fsp3) is 0.475. The third kappa shape index (κ3) is 10.9. The molecule has 1 heterocycles. The van der Waals surface area contributed by atoms with Crippen molar-refractivity contribution < 1.29 is 71.5 Å². The Balaban J connectivity index is 1.32. The van der Waals surface area contributed by atoms with Gasteiger partial charge in [-0.1, -0.05) is 132 Å². The van der Waals surface area contributed by atoms with Crippen LogP contribution in [0.1, 0.15) is 113 Å². The average Bonchev–Trinajstić information content (AvgIpc) is 1.94. The second-order valence-electron chi connectivity index (χ2n) is 21.8. The SMILES string of the molecule is CC[Si](CC)(CC)O[C@H]1C[C@H]2OC[C@@]2(OC(C)=O)[C@H]2[C@H](OC(=O)c3ccccc3)[C@]3(O)C[C@H](OC(=O)[C@H](OCOCc4ccccc4)[C@@H](NC(=O)c4ccccc4)c4ccccc4)C(C)=C([C@@H](OC(C)=O)C(=O)[C@]12C)C3(C)C. The van der Waals surface area contributed by atoms with E-state index in [-0.39, 0.29) is 36.3 Å². The number of aliphatic hydroxyl groups is 1. The molecule has 2 bridgehead atoms. The van der Waals surface area contributed by atoms with E-state index in [0.717, 1.165) is 5.56 Å². The summed E-state index contributed by atoms with van der Waals surface area (Å²) in [5, 5.41) is 17.4. The van der Waals surface area contributed by atoms with Gasteiger partial charge in [0.05, 0.1) is 42.3 Å². The van der Waals surface area contributed by atoms with Crippen molar-refractivity contribution in [3.05, 3.63) is 155 Å². The van der Waals surface area contributed by atoms with E-state index in [4.69, 9.17) is 37.6 Å². The number of carbonyl (C=O) groups excluding carboxylic acids is 6. The summed E-state index contributed by atoms with van der Waals surface area (Å²) in [6.07, 6.45) is -8.87. The first-order valence-corrected chi connectivity index (χ1v) is 29.5. The van der Waals surface area contributed by atoms with Gasteiger partial charge in [-0.25, -0.2) is 9.59 Å². The van der Waals surface area contributed by atoms with Gasteiger partial charge in [-0.05, 0) is 78.5 Å². The number of rotatable bonds is 20. The molecule has 4 aliphatic rings. The minimum absolute atomic E-state index is 0.0762. The number of amides is 1. The molecular weight excluding hydrogens is 1010 g/mol. The lowest BCUT2D eigenvalue weighted by molar-refractivity contribution is -0.344. The van der Waals surface area contributed by atoms with Crippen molar-refractivity contribution in [2.45, 2.75) is 154 Å². The van der Waals surface area contributed by atoms with Gasteiger partial charge in [0.1, 0.15) is 30.7 Å². The quantitative estimate of drug-likeness (QED) is 0.0211. The van der Waals surface area contributed by atoms with Gasteiger partial charge >= 0.3 is 23.9 Å². The van der Waals surface area contributed by atoms with Crippen molar-refractivity contribution in [1.29, 1.82) is 0 Å². The van der Waals surface area contributed by atoms with Crippen LogP contribution in [0.15, 0.2) is 132 Å². The summed E-state index contributed by atoms with van der Waals surface area (Å²) in [7, 11) is -2.66. The first-order valence-electron chi connectivity index (χ1n) is 26.9. The molecule has 17 heteroatoms. The Kier molecular flexibility index (Phi) is 17.5. The number of ketones is 1. The zero-order valence-corrected chi connectivity index (χ0v) is 47.0. The van der Waals surface area contributed by atoms with Crippen LogP contribution in [0.4, 0.5) is 0 Å². The molecule has 4 aromatic rings. The van der Waals surface area contributed by atoms with Crippen molar-refractivity contribution >= 4 is 43.9 Å². The van der Waals surface area contributed by atoms with Crippen LogP contribution in [0.25, 0.3) is 0 Å². The number of Topliss-reactive ketones (excluding diaryl/α,β-unsaturated/α-hetero) is 1. The lowest BCUT2D eigenvalue weighted by atomic mass is 9.44. The van der Waals surface area contributed by atoms with Crippen LogP contribution < -0.4 is 5.32 Å². The van der Waals surface area contributed by atoms with Crippen molar-refractivity contribution in [1.82, 2.24) is 5.32 Å². The Morgan fingerprint density at radius 3 is 1.90 bits per heavy atom. The summed E-state index contributed by atoms with van der Waals surface area (Å²) in [5.74, 6) is -6.02. The molecule has 2 N–H and O–H groups in total. The monoisotopic (exact) mass is 1090 g/mol. The highest BCUT2D eigenvalue weighted by atomic mass is 28.4. The Morgan fingerprint density at radius 1 is 0.769 bits per heavy atom. The van der Waals surface area contributed by atoms with Gasteiger partial charge in [0.2, 0.25) is 0 Å². The van der Waals surface area contributed by atoms with E-state index < -0.39 is 128 Å². The standard InChI is InChI=1S/C61H73NO15Si/c1-10-78(11-2,12-3)77-46-33-47-60(36-71-47,76-40(6)64)52-54(75-56(67)44-31-23-16-24-32-44)61(69)34-45(38(4)48(58(61,7)8)50(73-39(5)63)53(65)59(46,52)9)74-57(68)51(72-37-70-35-41-25-17-13-18-26-41)49(42-27-19-14-20-28-42)62-55(66)43-29-21-15-22-30-43/h13-32,45-47,49-52,54,69H,10-12,33-37H2,1-9H3,(H,62,66)/t45-,46-,47+,49-,50+,51+,52-,54-,59+,60-,61+/m0/s1. The van der Waals surface area contributed by atoms with Crippen LogP contribution in [0, 0.1) is 16.7 Å². The number of fused-ring (bicyclic) bond motifs is 5. The van der Waals surface area contributed by atoms with Gasteiger partial charge in [0.15, 0.2) is 31.9 Å². The summed E-state index contributed by atoms with van der Waals surface area (Å²) in [5.41, 5.74) is -5.45. The zero-order valence-electron chi connectivity index (χ0n) is 46.0. The summed E-state index contributed by atoms with van der Waals surface area (Å²) < 4.78 is 52.1. The molecule has 4 aromatic carbocycles. The molecule has 1 amide bonds. The number of ether oxygens (including phenoxy) is 7. The highest BCUT2D eigenvalue weighted by molar-refractivity contribution is 6.73. The lowest BCUT2D eigenvalue weighted by Gasteiger charge is -2.68. The Hall–Kier alpha value is -6.34. The summed E-state index contributed by atoms with van der Waals surface area (Å²) in [6, 6.07) is 35.5. The molecule has 0 unspecified atom stereocenters. The van der Waals surface area contributed by atoms with Gasteiger partial charge < -0.3 is 48.0 Å². The van der Waals surface area contributed by atoms with Gasteiger partial charge in [-0.15, -0.1) is 0 Å². The van der Waals surface area contributed by atoms with E-state index in [1.165, 1.54) is 13.8 Å². The van der Waals surface area contributed by atoms with Gasteiger partial charge in [0.25, 0.3) is 5.91 Å². The summed E-state index contributed by atoms with van der Waals surface area (Å²) >= 11 is 0. The molecule has 0 aromatic heterocycles. The van der Waals surface area contributed by atoms with Crippen molar-refractivity contribution in [3.63, 3.8) is 0 Å². The maximum atomic E-state index is 16.6. The van der Waals surface area contributed by atoms with E-state index >= 15 is 9.59 Å². The van der Waals surface area contributed by atoms with Gasteiger partial charge in [-0.2, -0.15) is 0 Å². The third-order valence-corrected chi connectivity index (χ3v) is 21.8. The Labute approximate surface area is 457 Å². The van der Waals surface area contributed by atoms with E-state index in [2.05, 4.69) is 26.1 Å². The molecule has 8 rings (SSSR count). The first-order chi connectivity index (χ1) is 37.2. The van der Waals surface area contributed by atoms with Crippen LogP contribution in [0.3, 0.4) is 0 Å². The number of esters is 4. The number of carbonyl (C=O) groups is 6. The largest absolute Gasteiger partial charge is 0.456 e. The zero-order chi connectivity index (χ0) is 56.2. The minimum Gasteiger partial charge on any atom is -0.456 e. The molecule has 3 fully saturated rings. The van der Waals surface area contributed by atoms with E-state index in [1.54, 1.807) is 119 Å². The summed E-state index contributed by atoms with van der Waals surface area (Å²) in [4.78, 5) is 88.2. The Bertz CT molecular complexity index is 2840. The normalized spacial score (nSPS) is 27.9. The molecular formula is C61H73NO15Si.